The lowest BCUT2D eigenvalue weighted by molar-refractivity contribution is -0.0464. The van der Waals surface area contributed by atoms with Gasteiger partial charge in [-0.25, -0.2) is 8.78 Å². The highest BCUT2D eigenvalue weighted by Gasteiger charge is 2.35. The van der Waals surface area contributed by atoms with Crippen LogP contribution in [0.25, 0.3) is 5.52 Å². The fourth-order valence-corrected chi connectivity index (χ4v) is 4.60. The van der Waals surface area contributed by atoms with Crippen LogP contribution in [0.3, 0.4) is 0 Å². The first-order valence-electron chi connectivity index (χ1n) is 9.65. The monoisotopic (exact) mass is 379 g/mol. The highest BCUT2D eigenvalue weighted by molar-refractivity contribution is 6.35. The summed E-state index contributed by atoms with van der Waals surface area (Å²) in [5, 5.41) is 0.596. The van der Waals surface area contributed by atoms with E-state index >= 15 is 0 Å². The average Bonchev–Trinajstić information content (AvgIpc) is 2.93. The molecule has 5 heteroatoms. The second-order valence-electron chi connectivity index (χ2n) is 7.95. The summed E-state index contributed by atoms with van der Waals surface area (Å²) < 4.78 is 28.7. The second kappa shape index (κ2) is 6.95. The maximum atomic E-state index is 13.3. The van der Waals surface area contributed by atoms with Crippen molar-refractivity contribution in [2.75, 3.05) is 0 Å². The molecule has 2 nitrogen and oxygen atoms in total. The molecule has 0 radical (unpaired) electrons. The van der Waals surface area contributed by atoms with E-state index in [0.29, 0.717) is 42.2 Å². The summed E-state index contributed by atoms with van der Waals surface area (Å²) in [5.74, 6) is -1.69. The predicted octanol–water partition coefficient (Wildman–Crippen LogP) is 6.65. The summed E-state index contributed by atoms with van der Waals surface area (Å²) in [4.78, 5) is 12.9. The molecular weight excluding hydrogens is 356 g/mol. The van der Waals surface area contributed by atoms with Crippen LogP contribution < -0.4 is 0 Å². The number of aromatic nitrogens is 1. The zero-order chi connectivity index (χ0) is 18.3. The van der Waals surface area contributed by atoms with Crippen molar-refractivity contribution in [1.82, 2.24) is 4.40 Å². The van der Waals surface area contributed by atoms with Crippen molar-refractivity contribution in [3.8, 4) is 0 Å². The molecule has 2 aromatic heterocycles. The highest BCUT2D eigenvalue weighted by atomic mass is 35.5. The van der Waals surface area contributed by atoms with Gasteiger partial charge in [0.15, 0.2) is 5.78 Å². The number of carbonyl (C=O) groups is 1. The first-order valence-corrected chi connectivity index (χ1v) is 10.0. The van der Waals surface area contributed by atoms with E-state index in [-0.39, 0.29) is 24.5 Å². The van der Waals surface area contributed by atoms with Gasteiger partial charge in [-0.3, -0.25) is 4.79 Å². The molecule has 0 N–H and O–H groups in total. The zero-order valence-electron chi connectivity index (χ0n) is 14.8. The van der Waals surface area contributed by atoms with Gasteiger partial charge < -0.3 is 4.40 Å². The largest absolute Gasteiger partial charge is 0.319 e. The smallest absolute Gasteiger partial charge is 0.248 e. The maximum absolute atomic E-state index is 13.3. The Hall–Kier alpha value is -1.42. The van der Waals surface area contributed by atoms with Gasteiger partial charge in [-0.1, -0.05) is 18.0 Å². The molecule has 0 aromatic carbocycles. The standard InChI is InChI=1S/C21H24ClF2NO/c22-17-5-2-12-25-18(15-3-1-4-15)13-16(20(17)25)19(26)7-6-14-8-10-21(23,24)11-9-14/h2,5,12-15H,1,3-4,6-11H2. The molecule has 2 aliphatic rings. The molecule has 26 heavy (non-hydrogen) atoms. The molecule has 140 valence electrons. The van der Waals surface area contributed by atoms with Gasteiger partial charge >= 0.3 is 0 Å². The first-order chi connectivity index (χ1) is 12.4. The van der Waals surface area contributed by atoms with Crippen LogP contribution in [0.5, 0.6) is 0 Å². The number of Topliss-reactive ketones (excluding diaryl/α,β-unsaturated/α-hetero) is 1. The van der Waals surface area contributed by atoms with Crippen LogP contribution in [0.1, 0.15) is 79.8 Å². The Labute approximate surface area is 157 Å². The number of alkyl halides is 2. The van der Waals surface area contributed by atoms with Crippen LogP contribution >= 0.6 is 11.6 Å². The Balaban J connectivity index is 1.52. The van der Waals surface area contributed by atoms with Crippen molar-refractivity contribution in [2.24, 2.45) is 5.92 Å². The SMILES string of the molecule is O=C(CCC1CCC(F)(F)CC1)c1cc(C2CCC2)n2cccc(Cl)c12. The van der Waals surface area contributed by atoms with E-state index in [1.54, 1.807) is 0 Å². The van der Waals surface area contributed by atoms with Crippen LogP contribution in [0, 0.1) is 5.92 Å². The van der Waals surface area contributed by atoms with Gasteiger partial charge in [0, 0.05) is 36.7 Å². The van der Waals surface area contributed by atoms with Crippen molar-refractivity contribution in [3.05, 3.63) is 40.7 Å². The van der Waals surface area contributed by atoms with Gasteiger partial charge in [0.1, 0.15) is 0 Å². The Morgan fingerprint density at radius 2 is 1.96 bits per heavy atom. The fourth-order valence-electron chi connectivity index (χ4n) is 4.33. The molecule has 0 amide bonds. The molecule has 0 unspecified atom stereocenters. The van der Waals surface area contributed by atoms with Crippen LogP contribution in [0.4, 0.5) is 8.78 Å². The molecule has 2 aromatic rings. The van der Waals surface area contributed by atoms with Crippen LogP contribution in [0.2, 0.25) is 5.02 Å². The second-order valence-corrected chi connectivity index (χ2v) is 8.35. The minimum Gasteiger partial charge on any atom is -0.319 e. The number of fused-ring (bicyclic) bond motifs is 1. The van der Waals surface area contributed by atoms with E-state index in [1.165, 1.54) is 12.1 Å². The van der Waals surface area contributed by atoms with Crippen molar-refractivity contribution >= 4 is 22.9 Å². The summed E-state index contributed by atoms with van der Waals surface area (Å²) in [5.41, 5.74) is 2.67. The van der Waals surface area contributed by atoms with Gasteiger partial charge in [-0.15, -0.1) is 0 Å². The maximum Gasteiger partial charge on any atom is 0.248 e. The summed E-state index contributed by atoms with van der Waals surface area (Å²) in [6.45, 7) is 0. The molecular formula is C21H24ClF2NO. The van der Waals surface area contributed by atoms with Crippen LogP contribution in [-0.4, -0.2) is 16.1 Å². The summed E-state index contributed by atoms with van der Waals surface area (Å²) in [6, 6.07) is 5.75. The normalized spacial score (nSPS) is 21.0. The summed E-state index contributed by atoms with van der Waals surface area (Å²) in [7, 11) is 0. The number of carbonyl (C=O) groups excluding carboxylic acids is 1. The number of rotatable bonds is 5. The van der Waals surface area contributed by atoms with Crippen LogP contribution in [-0.2, 0) is 0 Å². The quantitative estimate of drug-likeness (QED) is 0.533. The van der Waals surface area contributed by atoms with Crippen molar-refractivity contribution in [1.29, 1.82) is 0 Å². The molecule has 0 spiro atoms. The van der Waals surface area contributed by atoms with E-state index in [4.69, 9.17) is 11.6 Å². The lowest BCUT2D eigenvalue weighted by atomic mass is 9.82. The molecule has 2 fully saturated rings. The average molecular weight is 380 g/mol. The highest BCUT2D eigenvalue weighted by Crippen LogP contribution is 2.40. The van der Waals surface area contributed by atoms with E-state index < -0.39 is 5.92 Å². The molecule has 2 saturated carbocycles. The molecule has 0 saturated heterocycles. The molecule has 2 heterocycles. The Kier molecular flexibility index (Phi) is 4.81. The van der Waals surface area contributed by atoms with E-state index in [9.17, 15) is 13.6 Å². The molecule has 4 rings (SSSR count). The van der Waals surface area contributed by atoms with Gasteiger partial charge in [0.05, 0.1) is 10.5 Å². The third-order valence-electron chi connectivity index (χ3n) is 6.21. The number of ketones is 1. The van der Waals surface area contributed by atoms with E-state index in [0.717, 1.165) is 18.4 Å². The van der Waals surface area contributed by atoms with Gasteiger partial charge in [0.2, 0.25) is 5.92 Å². The fraction of sp³-hybridized carbons (Fsp3) is 0.571. The van der Waals surface area contributed by atoms with E-state index in [1.807, 2.05) is 24.4 Å². The van der Waals surface area contributed by atoms with Crippen molar-refractivity contribution < 1.29 is 13.6 Å². The number of nitrogens with zero attached hydrogens (tertiary/aromatic N) is 1. The minimum absolute atomic E-state index is 0.0430. The Morgan fingerprint density at radius 3 is 2.62 bits per heavy atom. The zero-order valence-corrected chi connectivity index (χ0v) is 15.6. The summed E-state index contributed by atoms with van der Waals surface area (Å²) >= 11 is 6.41. The number of hydrogen-bond acceptors (Lipinski definition) is 1. The number of halogens is 3. The third kappa shape index (κ3) is 3.40. The summed E-state index contributed by atoms with van der Waals surface area (Å²) in [6.07, 6.45) is 7.57. The Bertz CT molecular complexity index is 815. The molecule has 0 bridgehead atoms. The van der Waals surface area contributed by atoms with Crippen LogP contribution in [0.15, 0.2) is 24.4 Å². The molecule has 0 aliphatic heterocycles. The van der Waals surface area contributed by atoms with E-state index in [2.05, 4.69) is 4.40 Å². The minimum atomic E-state index is -2.51. The predicted molar refractivity (Wildman–Crippen MR) is 99.5 cm³/mol. The van der Waals surface area contributed by atoms with Gasteiger partial charge in [-0.2, -0.15) is 0 Å². The molecule has 2 aliphatic carbocycles. The lowest BCUT2D eigenvalue weighted by Gasteiger charge is -2.27. The third-order valence-corrected chi connectivity index (χ3v) is 6.52. The number of hydrogen-bond donors (Lipinski definition) is 0. The Morgan fingerprint density at radius 1 is 1.23 bits per heavy atom. The molecule has 0 atom stereocenters. The van der Waals surface area contributed by atoms with Gasteiger partial charge in [-0.05, 0) is 62.1 Å². The lowest BCUT2D eigenvalue weighted by Crippen LogP contribution is -2.24. The first kappa shape index (κ1) is 18.0. The van der Waals surface area contributed by atoms with Gasteiger partial charge in [0.25, 0.3) is 0 Å². The van der Waals surface area contributed by atoms with Crippen molar-refractivity contribution in [2.45, 2.75) is 69.6 Å². The number of pyridine rings is 1. The topological polar surface area (TPSA) is 21.5 Å². The van der Waals surface area contributed by atoms with Crippen molar-refractivity contribution in [3.63, 3.8) is 0 Å².